The number of benzene rings is 1. The van der Waals surface area contributed by atoms with Crippen molar-refractivity contribution in [3.63, 3.8) is 0 Å². The summed E-state index contributed by atoms with van der Waals surface area (Å²) in [7, 11) is 0. The van der Waals surface area contributed by atoms with E-state index in [1.165, 1.54) is 6.07 Å². The maximum absolute atomic E-state index is 13.2. The number of hydrogen-bond donors (Lipinski definition) is 1. The van der Waals surface area contributed by atoms with Crippen LogP contribution in [0, 0.1) is 10.8 Å². The molecule has 4 rings (SSSR count). The fourth-order valence-corrected chi connectivity index (χ4v) is 6.49. The minimum Gasteiger partial charge on any atom is -0.338 e. The number of urea groups is 1. The molecule has 0 spiro atoms. The van der Waals surface area contributed by atoms with Crippen LogP contribution in [0.15, 0.2) is 18.2 Å². The van der Waals surface area contributed by atoms with Gasteiger partial charge in [-0.25, -0.2) is 4.79 Å². The van der Waals surface area contributed by atoms with Gasteiger partial charge in [0.15, 0.2) is 0 Å². The first-order valence-corrected chi connectivity index (χ1v) is 11.0. The Morgan fingerprint density at radius 1 is 1.17 bits per heavy atom. The molecule has 1 aliphatic carbocycles. The molecular formula is C22H27Cl2N3O3. The Hall–Kier alpha value is -1.79. The maximum atomic E-state index is 13.2. The fraction of sp³-hybridized carbons (Fsp3) is 0.591. The van der Waals surface area contributed by atoms with Gasteiger partial charge >= 0.3 is 6.03 Å². The van der Waals surface area contributed by atoms with Crippen LogP contribution in [0.2, 0.25) is 10.0 Å². The molecule has 30 heavy (non-hydrogen) atoms. The normalized spacial score (nSPS) is 32.5. The third-order valence-corrected chi connectivity index (χ3v) is 7.32. The van der Waals surface area contributed by atoms with Crippen LogP contribution >= 0.6 is 23.2 Å². The molecule has 4 amide bonds. The van der Waals surface area contributed by atoms with E-state index < -0.39 is 17.5 Å². The van der Waals surface area contributed by atoms with E-state index in [0.29, 0.717) is 17.1 Å². The molecule has 1 saturated carbocycles. The van der Waals surface area contributed by atoms with E-state index in [1.807, 2.05) is 4.90 Å². The molecule has 8 heteroatoms. The Balaban J connectivity index is 1.54. The smallest absolute Gasteiger partial charge is 0.325 e. The summed E-state index contributed by atoms with van der Waals surface area (Å²) < 4.78 is 0. The quantitative estimate of drug-likeness (QED) is 0.700. The van der Waals surface area contributed by atoms with Gasteiger partial charge < -0.3 is 10.2 Å². The molecular weight excluding hydrogens is 425 g/mol. The molecule has 6 nitrogen and oxygen atoms in total. The number of nitrogens with zero attached hydrogens (tertiary/aromatic N) is 2. The lowest BCUT2D eigenvalue weighted by molar-refractivity contribution is -0.139. The molecule has 3 atom stereocenters. The highest BCUT2D eigenvalue weighted by Crippen LogP contribution is 2.52. The Kier molecular flexibility index (Phi) is 4.90. The average molecular weight is 452 g/mol. The van der Waals surface area contributed by atoms with Crippen molar-refractivity contribution >= 4 is 41.0 Å². The summed E-state index contributed by atoms with van der Waals surface area (Å²) in [5.41, 5.74) is -0.621. The Labute approximate surface area is 186 Å². The summed E-state index contributed by atoms with van der Waals surface area (Å²) in [6, 6.07) is 4.35. The van der Waals surface area contributed by atoms with Crippen molar-refractivity contribution < 1.29 is 14.4 Å². The topological polar surface area (TPSA) is 69.7 Å². The predicted molar refractivity (Wildman–Crippen MR) is 115 cm³/mol. The molecule has 3 fully saturated rings. The third kappa shape index (κ3) is 3.48. The summed E-state index contributed by atoms with van der Waals surface area (Å²) in [5.74, 6) is -0.671. The van der Waals surface area contributed by atoms with Crippen molar-refractivity contribution in [3.05, 3.63) is 33.8 Å². The molecule has 2 bridgehead atoms. The Morgan fingerprint density at radius 2 is 1.87 bits per heavy atom. The second-order valence-electron chi connectivity index (χ2n) is 10.3. The van der Waals surface area contributed by atoms with Gasteiger partial charge in [0.25, 0.3) is 5.91 Å². The number of amides is 4. The highest BCUT2D eigenvalue weighted by molar-refractivity contribution is 6.35. The van der Waals surface area contributed by atoms with Gasteiger partial charge in [0.05, 0.1) is 0 Å². The lowest BCUT2D eigenvalue weighted by Crippen LogP contribution is -2.46. The number of imide groups is 1. The minimum absolute atomic E-state index is 0.0880. The lowest BCUT2D eigenvalue weighted by Gasteiger charge is -2.39. The fourth-order valence-electron chi connectivity index (χ4n) is 5.90. The van der Waals surface area contributed by atoms with Crippen LogP contribution in [0.25, 0.3) is 0 Å². The van der Waals surface area contributed by atoms with Gasteiger partial charge in [0.1, 0.15) is 12.1 Å². The van der Waals surface area contributed by atoms with Crippen molar-refractivity contribution in [3.8, 4) is 0 Å². The molecule has 1 aromatic rings. The van der Waals surface area contributed by atoms with Crippen LogP contribution in [0.3, 0.4) is 0 Å². The summed E-state index contributed by atoms with van der Waals surface area (Å²) in [6.07, 6.45) is 2.98. The van der Waals surface area contributed by atoms with Gasteiger partial charge in [-0.15, -0.1) is 0 Å². The van der Waals surface area contributed by atoms with Gasteiger partial charge in [-0.1, -0.05) is 50.0 Å². The van der Waals surface area contributed by atoms with Gasteiger partial charge in [-0.2, -0.15) is 0 Å². The van der Waals surface area contributed by atoms with E-state index in [0.717, 1.165) is 24.2 Å². The molecule has 2 heterocycles. The van der Waals surface area contributed by atoms with Crippen molar-refractivity contribution in [1.82, 2.24) is 15.1 Å². The molecule has 0 aromatic heterocycles. The SMILES string of the molecule is CC1(C)C[C@H]2C[C@@](C)(CN2C(=O)CN2C(=O)N[C@](C)(c3ccc(Cl)cc3Cl)C2=O)C1. The first-order valence-electron chi connectivity index (χ1n) is 10.2. The first kappa shape index (κ1) is 21.4. The van der Waals surface area contributed by atoms with Gasteiger partial charge in [-0.05, 0) is 49.1 Å². The number of rotatable bonds is 3. The minimum atomic E-state index is -1.34. The number of likely N-dealkylation sites (tertiary alicyclic amines) is 1. The molecule has 0 radical (unpaired) electrons. The third-order valence-electron chi connectivity index (χ3n) is 6.77. The second kappa shape index (κ2) is 6.86. The first-order chi connectivity index (χ1) is 13.8. The molecule has 162 valence electrons. The number of carbonyl (C=O) groups is 3. The monoisotopic (exact) mass is 451 g/mol. The summed E-state index contributed by atoms with van der Waals surface area (Å²) in [5, 5.41) is 3.43. The number of halogens is 2. The maximum Gasteiger partial charge on any atom is 0.325 e. The highest BCUT2D eigenvalue weighted by atomic mass is 35.5. The van der Waals surface area contributed by atoms with Crippen LogP contribution in [0.5, 0.6) is 0 Å². The van der Waals surface area contributed by atoms with Gasteiger partial charge in [0.2, 0.25) is 5.91 Å². The molecule has 2 saturated heterocycles. The Morgan fingerprint density at radius 3 is 2.53 bits per heavy atom. The molecule has 1 aromatic carbocycles. The van der Waals surface area contributed by atoms with Crippen molar-refractivity contribution in [2.75, 3.05) is 13.1 Å². The zero-order valence-corrected chi connectivity index (χ0v) is 19.2. The summed E-state index contributed by atoms with van der Waals surface area (Å²) in [4.78, 5) is 41.9. The zero-order valence-electron chi connectivity index (χ0n) is 17.7. The van der Waals surface area contributed by atoms with E-state index >= 15 is 0 Å². The number of fused-ring (bicyclic) bond motifs is 2. The lowest BCUT2D eigenvalue weighted by atomic mass is 9.65. The number of carbonyl (C=O) groups excluding carboxylic acids is 3. The van der Waals surface area contributed by atoms with Gasteiger partial charge in [0, 0.05) is 28.2 Å². The largest absolute Gasteiger partial charge is 0.338 e. The number of hydrogen-bond acceptors (Lipinski definition) is 3. The van der Waals surface area contributed by atoms with Crippen molar-refractivity contribution in [2.45, 2.75) is 58.5 Å². The van der Waals surface area contributed by atoms with Crippen molar-refractivity contribution in [2.24, 2.45) is 10.8 Å². The Bertz CT molecular complexity index is 950. The van der Waals surface area contributed by atoms with Crippen LogP contribution in [0.1, 0.15) is 52.5 Å². The predicted octanol–water partition coefficient (Wildman–Crippen LogP) is 4.19. The average Bonchev–Trinajstić information content (AvgIpc) is 2.98. The highest BCUT2D eigenvalue weighted by Gasteiger charge is 2.53. The zero-order chi connectivity index (χ0) is 22.1. The van der Waals surface area contributed by atoms with Crippen LogP contribution in [0.4, 0.5) is 4.79 Å². The standard InChI is InChI=1S/C22H27Cl2N3O3/c1-20(2)8-14-9-21(3,11-20)12-27(14)17(28)10-26-18(29)22(4,25-19(26)30)15-6-5-13(23)7-16(15)24/h5-7,14H,8-12H2,1-4H3,(H,25,30)/t14-,21+,22+/m0/s1. The summed E-state index contributed by atoms with van der Waals surface area (Å²) in [6.45, 7) is 8.71. The summed E-state index contributed by atoms with van der Waals surface area (Å²) >= 11 is 12.3. The van der Waals surface area contributed by atoms with Gasteiger partial charge in [-0.3, -0.25) is 14.5 Å². The van der Waals surface area contributed by atoms with E-state index in [1.54, 1.807) is 19.1 Å². The van der Waals surface area contributed by atoms with E-state index in [-0.39, 0.29) is 34.3 Å². The van der Waals surface area contributed by atoms with E-state index in [4.69, 9.17) is 23.2 Å². The van der Waals surface area contributed by atoms with Crippen molar-refractivity contribution in [1.29, 1.82) is 0 Å². The molecule has 3 aliphatic rings. The molecule has 0 unspecified atom stereocenters. The molecule has 1 N–H and O–H groups in total. The second-order valence-corrected chi connectivity index (χ2v) is 11.1. The molecule has 2 aliphatic heterocycles. The van der Waals surface area contributed by atoms with Crippen LogP contribution in [-0.2, 0) is 15.1 Å². The van der Waals surface area contributed by atoms with Crippen LogP contribution < -0.4 is 5.32 Å². The van der Waals surface area contributed by atoms with Crippen LogP contribution in [-0.4, -0.2) is 46.8 Å². The van der Waals surface area contributed by atoms with E-state index in [2.05, 4.69) is 26.1 Å². The van der Waals surface area contributed by atoms with E-state index in [9.17, 15) is 14.4 Å². The number of nitrogens with one attached hydrogen (secondary N) is 1.